The number of aromatic nitrogens is 1. The van der Waals surface area contributed by atoms with E-state index < -0.39 is 5.97 Å². The lowest BCUT2D eigenvalue weighted by molar-refractivity contribution is 0.0685. The summed E-state index contributed by atoms with van der Waals surface area (Å²) in [4.78, 5) is 10.5. The number of hydrogen-bond donors (Lipinski definition) is 2. The van der Waals surface area contributed by atoms with Crippen LogP contribution in [0.1, 0.15) is 30.1 Å². The van der Waals surface area contributed by atoms with Gasteiger partial charge in [0, 0.05) is 17.4 Å². The lowest BCUT2D eigenvalue weighted by Crippen LogP contribution is -2.31. The summed E-state index contributed by atoms with van der Waals surface area (Å²) < 4.78 is 5.02. The minimum absolute atomic E-state index is 0.0547. The molecular weight excluding hydrogens is 228 g/mol. The van der Waals surface area contributed by atoms with Crippen LogP contribution in [-0.2, 0) is 6.54 Å². The monoisotopic (exact) mass is 244 g/mol. The van der Waals surface area contributed by atoms with Crippen molar-refractivity contribution >= 4 is 17.7 Å². The summed E-state index contributed by atoms with van der Waals surface area (Å²) in [5.74, 6) is -0.534. The highest BCUT2D eigenvalue weighted by Gasteiger charge is 2.16. The van der Waals surface area contributed by atoms with Gasteiger partial charge < -0.3 is 14.9 Å². The number of carboxylic acid groups (broad SMARTS) is 1. The van der Waals surface area contributed by atoms with E-state index in [4.69, 9.17) is 9.63 Å². The van der Waals surface area contributed by atoms with Crippen LogP contribution in [-0.4, -0.2) is 33.8 Å². The average molecular weight is 244 g/mol. The number of rotatable bonds is 6. The SMILES string of the molecule is CSC(C)(C)CNCc1cc(C(=O)O)no1. The molecule has 0 saturated carbocycles. The fraction of sp³-hybridized carbons (Fsp3) is 0.600. The second-order valence-corrected chi connectivity index (χ2v) is 5.56. The van der Waals surface area contributed by atoms with Gasteiger partial charge >= 0.3 is 5.97 Å². The lowest BCUT2D eigenvalue weighted by Gasteiger charge is -2.21. The zero-order valence-electron chi connectivity index (χ0n) is 9.61. The Balaban J connectivity index is 2.40. The van der Waals surface area contributed by atoms with E-state index in [2.05, 4.69) is 30.6 Å². The summed E-state index contributed by atoms with van der Waals surface area (Å²) in [7, 11) is 0. The van der Waals surface area contributed by atoms with Crippen LogP contribution in [0.15, 0.2) is 10.6 Å². The van der Waals surface area contributed by atoms with E-state index in [9.17, 15) is 4.79 Å². The Bertz CT molecular complexity index is 363. The van der Waals surface area contributed by atoms with Crippen molar-refractivity contribution in [3.63, 3.8) is 0 Å². The van der Waals surface area contributed by atoms with E-state index >= 15 is 0 Å². The minimum Gasteiger partial charge on any atom is -0.476 e. The van der Waals surface area contributed by atoms with E-state index in [1.54, 1.807) is 11.8 Å². The lowest BCUT2D eigenvalue weighted by atomic mass is 10.2. The van der Waals surface area contributed by atoms with E-state index in [1.807, 2.05) is 0 Å². The van der Waals surface area contributed by atoms with E-state index in [0.717, 1.165) is 6.54 Å². The third kappa shape index (κ3) is 3.86. The average Bonchev–Trinajstić information content (AvgIpc) is 2.66. The number of thioether (sulfide) groups is 1. The third-order valence-electron chi connectivity index (χ3n) is 2.18. The van der Waals surface area contributed by atoms with E-state index in [-0.39, 0.29) is 10.4 Å². The molecule has 0 fully saturated rings. The Labute approximate surface area is 98.6 Å². The van der Waals surface area contributed by atoms with Gasteiger partial charge in [0.05, 0.1) is 6.54 Å². The molecule has 16 heavy (non-hydrogen) atoms. The van der Waals surface area contributed by atoms with E-state index in [0.29, 0.717) is 12.3 Å². The maximum atomic E-state index is 10.5. The number of carbonyl (C=O) groups is 1. The summed E-state index contributed by atoms with van der Waals surface area (Å²) in [6.07, 6.45) is 2.05. The fourth-order valence-electron chi connectivity index (χ4n) is 1.06. The summed E-state index contributed by atoms with van der Waals surface area (Å²) >= 11 is 1.77. The van der Waals surface area contributed by atoms with Crippen molar-refractivity contribution in [2.24, 2.45) is 0 Å². The molecule has 2 N–H and O–H groups in total. The zero-order valence-corrected chi connectivity index (χ0v) is 10.4. The van der Waals surface area contributed by atoms with Crippen molar-refractivity contribution in [2.45, 2.75) is 25.1 Å². The molecule has 0 aliphatic heterocycles. The molecule has 0 bridgehead atoms. The van der Waals surface area contributed by atoms with Crippen LogP contribution in [0, 0.1) is 0 Å². The van der Waals surface area contributed by atoms with Crippen molar-refractivity contribution in [3.8, 4) is 0 Å². The first-order chi connectivity index (χ1) is 7.44. The van der Waals surface area contributed by atoms with Crippen LogP contribution in [0.25, 0.3) is 0 Å². The topological polar surface area (TPSA) is 75.4 Å². The molecule has 1 aromatic rings. The smallest absolute Gasteiger partial charge is 0.358 e. The van der Waals surface area contributed by atoms with Crippen molar-refractivity contribution in [1.29, 1.82) is 0 Å². The molecule has 6 heteroatoms. The predicted octanol–water partition coefficient (Wildman–Crippen LogP) is 1.60. The van der Waals surface area contributed by atoms with Crippen molar-refractivity contribution in [2.75, 3.05) is 12.8 Å². The molecule has 0 saturated heterocycles. The highest BCUT2D eigenvalue weighted by molar-refractivity contribution is 7.99. The maximum absolute atomic E-state index is 10.5. The highest BCUT2D eigenvalue weighted by Crippen LogP contribution is 2.19. The summed E-state index contributed by atoms with van der Waals surface area (Å²) in [5, 5.41) is 15.3. The van der Waals surface area contributed by atoms with Gasteiger partial charge in [0.15, 0.2) is 11.5 Å². The Kier molecular flexibility index (Phi) is 4.37. The Morgan fingerprint density at radius 3 is 2.88 bits per heavy atom. The molecule has 1 aromatic heterocycles. The van der Waals surface area contributed by atoms with E-state index in [1.165, 1.54) is 6.07 Å². The van der Waals surface area contributed by atoms with Gasteiger partial charge in [-0.3, -0.25) is 0 Å². The third-order valence-corrected chi connectivity index (χ3v) is 3.43. The molecular formula is C10H16N2O3S. The second kappa shape index (κ2) is 5.36. The molecule has 1 rings (SSSR count). The van der Waals surface area contributed by atoms with Gasteiger partial charge in [0.25, 0.3) is 0 Å². The molecule has 5 nitrogen and oxygen atoms in total. The molecule has 0 amide bonds. The molecule has 0 unspecified atom stereocenters. The fourth-order valence-corrected chi connectivity index (χ4v) is 1.30. The van der Waals surface area contributed by atoms with Crippen molar-refractivity contribution in [1.82, 2.24) is 10.5 Å². The number of nitrogens with zero attached hydrogens (tertiary/aromatic N) is 1. The predicted molar refractivity (Wildman–Crippen MR) is 62.8 cm³/mol. The Morgan fingerprint density at radius 1 is 1.69 bits per heavy atom. The van der Waals surface area contributed by atoms with Gasteiger partial charge in [-0.25, -0.2) is 4.79 Å². The second-order valence-electron chi connectivity index (χ2n) is 4.05. The molecule has 0 aliphatic carbocycles. The summed E-state index contributed by atoms with van der Waals surface area (Å²) in [6.45, 7) is 5.57. The molecule has 0 spiro atoms. The highest BCUT2D eigenvalue weighted by atomic mass is 32.2. The van der Waals surface area contributed by atoms with Gasteiger partial charge in [-0.05, 0) is 20.1 Å². The molecule has 0 aromatic carbocycles. The van der Waals surface area contributed by atoms with Gasteiger partial charge in [-0.1, -0.05) is 5.16 Å². The van der Waals surface area contributed by atoms with Crippen LogP contribution in [0.2, 0.25) is 0 Å². The van der Waals surface area contributed by atoms with Gasteiger partial charge in [-0.2, -0.15) is 11.8 Å². The minimum atomic E-state index is -1.07. The van der Waals surface area contributed by atoms with Crippen molar-refractivity contribution < 1.29 is 14.4 Å². The summed E-state index contributed by atoms with van der Waals surface area (Å²) in [5.41, 5.74) is -0.0547. The Hall–Kier alpha value is -1.01. The van der Waals surface area contributed by atoms with Crippen LogP contribution in [0.4, 0.5) is 0 Å². The standard InChI is InChI=1S/C10H16N2O3S/c1-10(2,16-3)6-11-5-7-4-8(9(13)14)12-15-7/h4,11H,5-6H2,1-3H3,(H,13,14). The number of aromatic carboxylic acids is 1. The van der Waals surface area contributed by atoms with Crippen LogP contribution >= 0.6 is 11.8 Å². The number of nitrogens with one attached hydrogen (secondary N) is 1. The first-order valence-electron chi connectivity index (χ1n) is 4.89. The Morgan fingerprint density at radius 2 is 2.38 bits per heavy atom. The largest absolute Gasteiger partial charge is 0.476 e. The van der Waals surface area contributed by atoms with Crippen LogP contribution in [0.5, 0.6) is 0 Å². The number of carboxylic acids is 1. The van der Waals surface area contributed by atoms with Gasteiger partial charge in [0.2, 0.25) is 0 Å². The van der Waals surface area contributed by atoms with Gasteiger partial charge in [0.1, 0.15) is 0 Å². The van der Waals surface area contributed by atoms with Crippen LogP contribution in [0.3, 0.4) is 0 Å². The van der Waals surface area contributed by atoms with Crippen LogP contribution < -0.4 is 5.32 Å². The molecule has 1 heterocycles. The number of hydrogen-bond acceptors (Lipinski definition) is 5. The summed E-state index contributed by atoms with van der Waals surface area (Å²) in [6, 6.07) is 1.43. The van der Waals surface area contributed by atoms with Gasteiger partial charge in [-0.15, -0.1) is 0 Å². The molecule has 0 atom stereocenters. The zero-order chi connectivity index (χ0) is 12.2. The van der Waals surface area contributed by atoms with Crippen molar-refractivity contribution in [3.05, 3.63) is 17.5 Å². The molecule has 0 aliphatic rings. The first kappa shape index (κ1) is 13.1. The quantitative estimate of drug-likeness (QED) is 0.791. The normalized spacial score (nSPS) is 11.7. The maximum Gasteiger partial charge on any atom is 0.358 e. The first-order valence-corrected chi connectivity index (χ1v) is 6.12. The molecule has 0 radical (unpaired) electrons. The molecule has 90 valence electrons.